The van der Waals surface area contributed by atoms with Crippen LogP contribution >= 0.6 is 0 Å². The van der Waals surface area contributed by atoms with Crippen LogP contribution in [-0.4, -0.2) is 20.3 Å². The molecule has 3 N–H and O–H groups in total. The number of aromatic nitrogens is 3. The Morgan fingerprint density at radius 2 is 2.00 bits per heavy atom. The summed E-state index contributed by atoms with van der Waals surface area (Å²) in [5, 5.41) is 19.7. The lowest BCUT2D eigenvalue weighted by Crippen LogP contribution is -2.23. The molecule has 0 aliphatic rings. The fraction of sp³-hybridized carbons (Fsp3) is 0.333. The average Bonchev–Trinajstić information content (AvgIpc) is 2.82. The van der Waals surface area contributed by atoms with Crippen LogP contribution in [0.1, 0.15) is 37.3 Å². The lowest BCUT2D eigenvalue weighted by atomic mass is 10.1. The minimum Gasteiger partial charge on any atom is -0.508 e. The Labute approximate surface area is 99.9 Å². The van der Waals surface area contributed by atoms with Crippen LogP contribution in [0.15, 0.2) is 30.6 Å². The highest BCUT2D eigenvalue weighted by atomic mass is 16.3. The Morgan fingerprint density at radius 3 is 2.65 bits per heavy atom. The van der Waals surface area contributed by atoms with Gasteiger partial charge in [0.15, 0.2) is 0 Å². The van der Waals surface area contributed by atoms with Gasteiger partial charge < -0.3 is 10.4 Å². The molecule has 0 saturated heterocycles. The Balaban J connectivity index is 2.07. The Hall–Kier alpha value is -1.88. The molecule has 2 unspecified atom stereocenters. The molecule has 90 valence electrons. The molecule has 17 heavy (non-hydrogen) atoms. The molecule has 1 heterocycles. The normalized spacial score (nSPS) is 14.5. The van der Waals surface area contributed by atoms with Gasteiger partial charge in [0.25, 0.3) is 0 Å². The third-order valence-electron chi connectivity index (χ3n) is 2.75. The quantitative estimate of drug-likeness (QED) is 0.753. The van der Waals surface area contributed by atoms with E-state index in [9.17, 15) is 5.11 Å². The Bertz CT molecular complexity index is 469. The predicted molar refractivity (Wildman–Crippen MR) is 64.5 cm³/mol. The molecule has 2 atom stereocenters. The average molecular weight is 232 g/mol. The fourth-order valence-corrected chi connectivity index (χ4v) is 1.82. The summed E-state index contributed by atoms with van der Waals surface area (Å²) in [6, 6.07) is 7.40. The van der Waals surface area contributed by atoms with Crippen LogP contribution in [-0.2, 0) is 0 Å². The van der Waals surface area contributed by atoms with Gasteiger partial charge in [-0.05, 0) is 19.9 Å². The van der Waals surface area contributed by atoms with Gasteiger partial charge in [-0.2, -0.15) is 5.10 Å². The van der Waals surface area contributed by atoms with Crippen molar-refractivity contribution in [2.45, 2.75) is 25.9 Å². The number of nitrogens with one attached hydrogen (secondary N) is 2. The fourth-order valence-electron chi connectivity index (χ4n) is 1.82. The summed E-state index contributed by atoms with van der Waals surface area (Å²) in [5.41, 5.74) is 0.874. The molecule has 0 aliphatic carbocycles. The van der Waals surface area contributed by atoms with Crippen LogP contribution in [0.3, 0.4) is 0 Å². The highest BCUT2D eigenvalue weighted by Crippen LogP contribution is 2.24. The second-order valence-corrected chi connectivity index (χ2v) is 4.04. The molecule has 2 aromatic rings. The van der Waals surface area contributed by atoms with Gasteiger partial charge in [0, 0.05) is 11.6 Å². The first-order chi connectivity index (χ1) is 8.18. The molecule has 0 fully saturated rings. The monoisotopic (exact) mass is 232 g/mol. The largest absolute Gasteiger partial charge is 0.508 e. The van der Waals surface area contributed by atoms with Gasteiger partial charge >= 0.3 is 0 Å². The summed E-state index contributed by atoms with van der Waals surface area (Å²) in [6.07, 6.45) is 1.48. The van der Waals surface area contributed by atoms with Crippen LogP contribution in [0, 0.1) is 0 Å². The van der Waals surface area contributed by atoms with E-state index in [1.807, 2.05) is 32.0 Å². The zero-order valence-electron chi connectivity index (χ0n) is 9.88. The maximum Gasteiger partial charge on any atom is 0.141 e. The number of para-hydroxylation sites is 1. The number of nitrogens with zero attached hydrogens (tertiary/aromatic N) is 2. The molecule has 2 rings (SSSR count). The van der Waals surface area contributed by atoms with Crippen LogP contribution < -0.4 is 5.32 Å². The summed E-state index contributed by atoms with van der Waals surface area (Å²) < 4.78 is 0. The first kappa shape index (κ1) is 11.6. The van der Waals surface area contributed by atoms with Crippen molar-refractivity contribution in [2.24, 2.45) is 0 Å². The van der Waals surface area contributed by atoms with Crippen molar-refractivity contribution < 1.29 is 5.11 Å². The van der Waals surface area contributed by atoms with E-state index in [-0.39, 0.29) is 12.1 Å². The molecule has 5 heteroatoms. The Kier molecular flexibility index (Phi) is 3.39. The van der Waals surface area contributed by atoms with Gasteiger partial charge in [-0.3, -0.25) is 5.10 Å². The Morgan fingerprint density at radius 1 is 1.24 bits per heavy atom. The first-order valence-electron chi connectivity index (χ1n) is 5.57. The van der Waals surface area contributed by atoms with Crippen molar-refractivity contribution >= 4 is 0 Å². The van der Waals surface area contributed by atoms with E-state index in [0.717, 1.165) is 11.4 Å². The van der Waals surface area contributed by atoms with E-state index in [1.54, 1.807) is 6.07 Å². The summed E-state index contributed by atoms with van der Waals surface area (Å²) in [4.78, 5) is 4.09. The van der Waals surface area contributed by atoms with E-state index >= 15 is 0 Å². The van der Waals surface area contributed by atoms with Gasteiger partial charge in [-0.25, -0.2) is 4.98 Å². The lowest BCUT2D eigenvalue weighted by molar-refractivity contribution is 0.433. The van der Waals surface area contributed by atoms with Crippen LogP contribution in [0.4, 0.5) is 0 Å². The second kappa shape index (κ2) is 4.97. The van der Waals surface area contributed by atoms with Crippen molar-refractivity contribution in [3.8, 4) is 5.75 Å². The zero-order chi connectivity index (χ0) is 12.3. The molecule has 0 aliphatic heterocycles. The number of H-pyrrole nitrogens is 1. The molecule has 0 amide bonds. The van der Waals surface area contributed by atoms with Gasteiger partial charge in [0.2, 0.25) is 0 Å². The maximum atomic E-state index is 9.75. The van der Waals surface area contributed by atoms with Gasteiger partial charge in [-0.1, -0.05) is 18.2 Å². The van der Waals surface area contributed by atoms with Crippen LogP contribution in [0.25, 0.3) is 0 Å². The molecule has 5 nitrogen and oxygen atoms in total. The molecular weight excluding hydrogens is 216 g/mol. The maximum absolute atomic E-state index is 9.75. The number of hydrogen-bond acceptors (Lipinski definition) is 4. The SMILES string of the molecule is CC(NC(C)c1ccccc1O)c1ncn[nH]1. The number of hydrogen-bond donors (Lipinski definition) is 3. The minimum absolute atomic E-state index is 0.0382. The van der Waals surface area contributed by atoms with Crippen molar-refractivity contribution in [3.05, 3.63) is 42.0 Å². The van der Waals surface area contributed by atoms with Crippen LogP contribution in [0.2, 0.25) is 0 Å². The first-order valence-corrected chi connectivity index (χ1v) is 5.57. The van der Waals surface area contributed by atoms with E-state index in [4.69, 9.17) is 0 Å². The number of aromatic amines is 1. The number of phenolic OH excluding ortho intramolecular Hbond substituents is 1. The molecule has 1 aromatic heterocycles. The zero-order valence-corrected chi connectivity index (χ0v) is 9.88. The molecule has 1 aromatic carbocycles. The van der Waals surface area contributed by atoms with E-state index in [1.165, 1.54) is 6.33 Å². The molecule has 0 radical (unpaired) electrons. The lowest BCUT2D eigenvalue weighted by Gasteiger charge is -2.19. The molecule has 0 bridgehead atoms. The van der Waals surface area contributed by atoms with E-state index in [2.05, 4.69) is 20.5 Å². The highest BCUT2D eigenvalue weighted by Gasteiger charge is 2.15. The number of benzene rings is 1. The van der Waals surface area contributed by atoms with Crippen molar-refractivity contribution in [2.75, 3.05) is 0 Å². The van der Waals surface area contributed by atoms with E-state index in [0.29, 0.717) is 5.75 Å². The van der Waals surface area contributed by atoms with Gasteiger partial charge in [0.05, 0.1) is 6.04 Å². The number of aromatic hydroxyl groups is 1. The number of phenols is 1. The molecule has 0 spiro atoms. The summed E-state index contributed by atoms with van der Waals surface area (Å²) in [7, 11) is 0. The van der Waals surface area contributed by atoms with Crippen LogP contribution in [0.5, 0.6) is 5.75 Å². The van der Waals surface area contributed by atoms with Crippen molar-refractivity contribution in [1.82, 2.24) is 20.5 Å². The summed E-state index contributed by atoms with van der Waals surface area (Å²) in [6.45, 7) is 4.00. The summed E-state index contributed by atoms with van der Waals surface area (Å²) in [5.74, 6) is 1.09. The van der Waals surface area contributed by atoms with Crippen molar-refractivity contribution in [1.29, 1.82) is 0 Å². The second-order valence-electron chi connectivity index (χ2n) is 4.04. The standard InChI is InChI=1S/C12H16N4O/c1-8(10-5-3-4-6-11(10)17)15-9(2)12-13-7-14-16-12/h3-9,15,17H,1-2H3,(H,13,14,16). The molecule has 0 saturated carbocycles. The highest BCUT2D eigenvalue weighted by molar-refractivity contribution is 5.34. The minimum atomic E-state index is 0.0382. The third-order valence-corrected chi connectivity index (χ3v) is 2.75. The summed E-state index contributed by atoms with van der Waals surface area (Å²) >= 11 is 0. The topological polar surface area (TPSA) is 73.8 Å². The number of rotatable bonds is 4. The molecular formula is C12H16N4O. The van der Waals surface area contributed by atoms with E-state index < -0.39 is 0 Å². The van der Waals surface area contributed by atoms with Crippen molar-refractivity contribution in [3.63, 3.8) is 0 Å². The van der Waals surface area contributed by atoms with Gasteiger partial charge in [0.1, 0.15) is 17.9 Å². The third kappa shape index (κ3) is 2.62. The predicted octanol–water partition coefficient (Wildman–Crippen LogP) is 1.92. The smallest absolute Gasteiger partial charge is 0.141 e. The van der Waals surface area contributed by atoms with Gasteiger partial charge in [-0.15, -0.1) is 0 Å².